The molecule has 4 rings (SSSR count). The molecular formula is C21H20N2O3. The second-order valence-corrected chi connectivity index (χ2v) is 6.44. The maximum absolute atomic E-state index is 12.8. The summed E-state index contributed by atoms with van der Waals surface area (Å²) in [6.45, 7) is 2.05. The number of nitrogens with one attached hydrogen (secondary N) is 1. The molecule has 132 valence electrons. The summed E-state index contributed by atoms with van der Waals surface area (Å²) in [6, 6.07) is 17.4. The standard InChI is InChI=1S/C21H20N2O3/c1-13-4-6-14(7-5-13)18-10-11-19(26-18)20-22-17-9-8-15(25-3)12-16(17)21(24)23(20)2/h4-12,20,22H,1-3H3. The van der Waals surface area contributed by atoms with Gasteiger partial charge >= 0.3 is 0 Å². The molecule has 0 radical (unpaired) electrons. The predicted octanol–water partition coefficient (Wildman–Crippen LogP) is 4.46. The van der Waals surface area contributed by atoms with Crippen molar-refractivity contribution in [3.8, 4) is 17.1 Å². The van der Waals surface area contributed by atoms with Crippen LogP contribution >= 0.6 is 0 Å². The van der Waals surface area contributed by atoms with Gasteiger partial charge in [-0.15, -0.1) is 0 Å². The Morgan fingerprint density at radius 1 is 1.08 bits per heavy atom. The van der Waals surface area contributed by atoms with Crippen LogP contribution in [0.1, 0.15) is 27.8 Å². The van der Waals surface area contributed by atoms with E-state index in [1.807, 2.05) is 36.4 Å². The molecule has 0 aliphatic carbocycles. The Morgan fingerprint density at radius 2 is 1.85 bits per heavy atom. The van der Waals surface area contributed by atoms with Crippen LogP contribution in [0.2, 0.25) is 0 Å². The summed E-state index contributed by atoms with van der Waals surface area (Å²) in [7, 11) is 3.35. The number of fused-ring (bicyclic) bond motifs is 1. The number of rotatable bonds is 3. The molecule has 2 aromatic carbocycles. The Kier molecular flexibility index (Phi) is 3.92. The number of methoxy groups -OCH3 is 1. The van der Waals surface area contributed by atoms with Gasteiger partial charge < -0.3 is 19.4 Å². The number of nitrogens with zero attached hydrogens (tertiary/aromatic N) is 1. The third-order valence-electron chi connectivity index (χ3n) is 4.69. The van der Waals surface area contributed by atoms with Gasteiger partial charge in [0, 0.05) is 18.3 Å². The second-order valence-electron chi connectivity index (χ2n) is 6.44. The maximum atomic E-state index is 12.8. The fraction of sp³-hybridized carbons (Fsp3) is 0.190. The normalized spacial score (nSPS) is 16.2. The van der Waals surface area contributed by atoms with E-state index in [1.54, 1.807) is 25.1 Å². The van der Waals surface area contributed by atoms with Crippen LogP contribution in [0.25, 0.3) is 11.3 Å². The zero-order valence-electron chi connectivity index (χ0n) is 14.9. The summed E-state index contributed by atoms with van der Waals surface area (Å²) < 4.78 is 11.3. The number of carbonyl (C=O) groups is 1. The first kappa shape index (κ1) is 16.3. The van der Waals surface area contributed by atoms with Gasteiger partial charge in [-0.2, -0.15) is 0 Å². The van der Waals surface area contributed by atoms with Crippen LogP contribution in [-0.2, 0) is 0 Å². The van der Waals surface area contributed by atoms with Crippen LogP contribution in [0.5, 0.6) is 5.75 Å². The van der Waals surface area contributed by atoms with Crippen molar-refractivity contribution >= 4 is 11.6 Å². The molecule has 0 bridgehead atoms. The number of benzene rings is 2. The molecule has 1 aliphatic heterocycles. The third kappa shape index (κ3) is 2.71. The van der Waals surface area contributed by atoms with E-state index in [9.17, 15) is 4.79 Å². The maximum Gasteiger partial charge on any atom is 0.257 e. The van der Waals surface area contributed by atoms with Crippen LogP contribution in [-0.4, -0.2) is 25.0 Å². The molecule has 1 aliphatic rings. The fourth-order valence-corrected chi connectivity index (χ4v) is 3.14. The summed E-state index contributed by atoms with van der Waals surface area (Å²) in [5.41, 5.74) is 3.57. The van der Waals surface area contributed by atoms with Crippen LogP contribution in [0.4, 0.5) is 5.69 Å². The fourth-order valence-electron chi connectivity index (χ4n) is 3.14. The first-order chi connectivity index (χ1) is 12.6. The highest BCUT2D eigenvalue weighted by Crippen LogP contribution is 2.35. The van der Waals surface area contributed by atoms with Crippen LogP contribution in [0.3, 0.4) is 0 Å². The average molecular weight is 348 g/mol. The highest BCUT2D eigenvalue weighted by atomic mass is 16.5. The van der Waals surface area contributed by atoms with E-state index < -0.39 is 0 Å². The van der Waals surface area contributed by atoms with Gasteiger partial charge in [0.05, 0.1) is 12.7 Å². The molecule has 1 atom stereocenters. The van der Waals surface area contributed by atoms with Crippen LogP contribution < -0.4 is 10.1 Å². The number of anilines is 1. The minimum absolute atomic E-state index is 0.0732. The van der Waals surface area contributed by atoms with Crippen molar-refractivity contribution in [3.63, 3.8) is 0 Å². The Morgan fingerprint density at radius 3 is 2.58 bits per heavy atom. The Balaban J connectivity index is 1.66. The van der Waals surface area contributed by atoms with Gasteiger partial charge in [-0.1, -0.05) is 29.8 Å². The largest absolute Gasteiger partial charge is 0.497 e. The second kappa shape index (κ2) is 6.26. The number of carbonyl (C=O) groups excluding carboxylic acids is 1. The molecule has 3 aromatic rings. The van der Waals surface area contributed by atoms with Gasteiger partial charge in [-0.3, -0.25) is 4.79 Å². The SMILES string of the molecule is COc1ccc2c(c1)C(=O)N(C)C(c1ccc(-c3ccc(C)cc3)o1)N2. The summed E-state index contributed by atoms with van der Waals surface area (Å²) in [6.07, 6.45) is -0.359. The lowest BCUT2D eigenvalue weighted by atomic mass is 10.1. The first-order valence-electron chi connectivity index (χ1n) is 8.45. The number of amides is 1. The van der Waals surface area contributed by atoms with E-state index in [1.165, 1.54) is 5.56 Å². The monoisotopic (exact) mass is 348 g/mol. The highest BCUT2D eigenvalue weighted by molar-refractivity contribution is 6.02. The molecule has 1 N–H and O–H groups in total. The molecule has 26 heavy (non-hydrogen) atoms. The quantitative estimate of drug-likeness (QED) is 0.759. The average Bonchev–Trinajstić information content (AvgIpc) is 3.15. The van der Waals surface area contributed by atoms with E-state index in [0.29, 0.717) is 17.1 Å². The van der Waals surface area contributed by atoms with Gasteiger partial charge in [0.25, 0.3) is 5.91 Å². The molecule has 1 aromatic heterocycles. The number of hydrogen-bond acceptors (Lipinski definition) is 4. The molecule has 2 heterocycles. The summed E-state index contributed by atoms with van der Waals surface area (Å²) >= 11 is 0. The minimum atomic E-state index is -0.359. The van der Waals surface area contributed by atoms with Gasteiger partial charge in [0.1, 0.15) is 17.3 Å². The van der Waals surface area contributed by atoms with E-state index >= 15 is 0 Å². The van der Waals surface area contributed by atoms with Crippen molar-refractivity contribution in [2.75, 3.05) is 19.5 Å². The predicted molar refractivity (Wildman–Crippen MR) is 100 cm³/mol. The summed E-state index contributed by atoms with van der Waals surface area (Å²) in [4.78, 5) is 14.4. The van der Waals surface area contributed by atoms with E-state index in [-0.39, 0.29) is 12.1 Å². The van der Waals surface area contributed by atoms with Crippen molar-refractivity contribution in [1.29, 1.82) is 0 Å². The topological polar surface area (TPSA) is 54.7 Å². The number of aryl methyl sites for hydroxylation is 1. The van der Waals surface area contributed by atoms with Gasteiger partial charge in [-0.25, -0.2) is 0 Å². The molecule has 1 amide bonds. The molecule has 5 heteroatoms. The lowest BCUT2D eigenvalue weighted by molar-refractivity contribution is 0.0719. The summed E-state index contributed by atoms with van der Waals surface area (Å²) in [5, 5.41) is 3.37. The Hall–Kier alpha value is -3.21. The smallest absolute Gasteiger partial charge is 0.257 e. The first-order valence-corrected chi connectivity index (χ1v) is 8.45. The zero-order valence-corrected chi connectivity index (χ0v) is 14.9. The lowest BCUT2D eigenvalue weighted by Crippen LogP contribution is -2.40. The van der Waals surface area contributed by atoms with Gasteiger partial charge in [0.2, 0.25) is 0 Å². The third-order valence-corrected chi connectivity index (χ3v) is 4.69. The molecule has 0 spiro atoms. The van der Waals surface area contributed by atoms with E-state index in [0.717, 1.165) is 17.0 Å². The Bertz CT molecular complexity index is 960. The van der Waals surface area contributed by atoms with E-state index in [2.05, 4.69) is 24.4 Å². The van der Waals surface area contributed by atoms with Crippen molar-refractivity contribution < 1.29 is 13.9 Å². The van der Waals surface area contributed by atoms with Crippen molar-refractivity contribution in [2.45, 2.75) is 13.1 Å². The molecule has 0 fully saturated rings. The van der Waals surface area contributed by atoms with Crippen molar-refractivity contribution in [1.82, 2.24) is 4.90 Å². The van der Waals surface area contributed by atoms with Gasteiger partial charge in [0.15, 0.2) is 6.17 Å². The van der Waals surface area contributed by atoms with E-state index in [4.69, 9.17) is 9.15 Å². The number of hydrogen-bond donors (Lipinski definition) is 1. The zero-order chi connectivity index (χ0) is 18.3. The van der Waals surface area contributed by atoms with Crippen LogP contribution in [0, 0.1) is 6.92 Å². The molecule has 0 saturated carbocycles. The molecular weight excluding hydrogens is 328 g/mol. The molecule has 5 nitrogen and oxygen atoms in total. The molecule has 0 saturated heterocycles. The lowest BCUT2D eigenvalue weighted by Gasteiger charge is -2.34. The molecule has 1 unspecified atom stereocenters. The van der Waals surface area contributed by atoms with Crippen LogP contribution in [0.15, 0.2) is 59.0 Å². The Labute approximate surface area is 152 Å². The van der Waals surface area contributed by atoms with Gasteiger partial charge in [-0.05, 0) is 37.3 Å². The number of ether oxygens (including phenoxy) is 1. The number of furan rings is 1. The van der Waals surface area contributed by atoms with Crippen molar-refractivity contribution in [2.24, 2.45) is 0 Å². The minimum Gasteiger partial charge on any atom is -0.497 e. The summed E-state index contributed by atoms with van der Waals surface area (Å²) in [5.74, 6) is 2.06. The highest BCUT2D eigenvalue weighted by Gasteiger charge is 2.32. The van der Waals surface area contributed by atoms with Crippen molar-refractivity contribution in [3.05, 3.63) is 71.5 Å².